The second-order valence-corrected chi connectivity index (χ2v) is 6.54. The molecule has 21 heavy (non-hydrogen) atoms. The van der Waals surface area contributed by atoms with E-state index in [0.29, 0.717) is 0 Å². The van der Waals surface area contributed by atoms with Crippen molar-refractivity contribution in [3.8, 4) is 0 Å². The zero-order valence-electron chi connectivity index (χ0n) is 14.0. The summed E-state index contributed by atoms with van der Waals surface area (Å²) in [6.45, 7) is 10.2. The molecule has 1 aromatic heterocycles. The van der Waals surface area contributed by atoms with Gasteiger partial charge in [-0.3, -0.25) is 4.99 Å². The van der Waals surface area contributed by atoms with E-state index in [1.165, 1.54) is 17.7 Å². The van der Waals surface area contributed by atoms with Crippen LogP contribution in [0.15, 0.2) is 4.99 Å². The van der Waals surface area contributed by atoms with Crippen LogP contribution in [0.3, 0.4) is 0 Å². The zero-order valence-corrected chi connectivity index (χ0v) is 14.8. The van der Waals surface area contributed by atoms with Crippen LogP contribution in [0.25, 0.3) is 0 Å². The molecule has 2 N–H and O–H groups in total. The number of thiazole rings is 1. The molecule has 120 valence electrons. The lowest BCUT2D eigenvalue weighted by Crippen LogP contribution is -2.40. The van der Waals surface area contributed by atoms with E-state index in [9.17, 15) is 0 Å². The summed E-state index contributed by atoms with van der Waals surface area (Å²) in [5.41, 5.74) is 1.11. The van der Waals surface area contributed by atoms with Gasteiger partial charge in [-0.25, -0.2) is 4.98 Å². The highest BCUT2D eigenvalue weighted by Crippen LogP contribution is 2.16. The SMILES string of the molecule is CCCCN(C)CCNC(=NC)NCc1sc(C)nc1C. The van der Waals surface area contributed by atoms with Gasteiger partial charge in [0.15, 0.2) is 5.96 Å². The van der Waals surface area contributed by atoms with E-state index >= 15 is 0 Å². The molecule has 0 bridgehead atoms. The van der Waals surface area contributed by atoms with Crippen LogP contribution in [-0.2, 0) is 6.54 Å². The molecule has 0 aromatic carbocycles. The monoisotopic (exact) mass is 311 g/mol. The van der Waals surface area contributed by atoms with Gasteiger partial charge in [-0.15, -0.1) is 11.3 Å². The van der Waals surface area contributed by atoms with Crippen molar-refractivity contribution in [1.82, 2.24) is 20.5 Å². The molecule has 0 radical (unpaired) electrons. The van der Waals surface area contributed by atoms with Crippen LogP contribution in [0, 0.1) is 13.8 Å². The van der Waals surface area contributed by atoms with E-state index < -0.39 is 0 Å². The predicted molar refractivity (Wildman–Crippen MR) is 92.2 cm³/mol. The van der Waals surface area contributed by atoms with E-state index in [4.69, 9.17) is 0 Å². The van der Waals surface area contributed by atoms with Gasteiger partial charge in [0, 0.05) is 25.0 Å². The number of guanidine groups is 1. The summed E-state index contributed by atoms with van der Waals surface area (Å²) in [7, 11) is 3.97. The Bertz CT molecular complexity index is 441. The van der Waals surface area contributed by atoms with Gasteiger partial charge in [-0.05, 0) is 33.9 Å². The van der Waals surface area contributed by atoms with Gasteiger partial charge in [0.05, 0.1) is 17.2 Å². The first-order valence-electron chi connectivity index (χ1n) is 7.62. The summed E-state index contributed by atoms with van der Waals surface area (Å²) in [5, 5.41) is 7.82. The number of unbranched alkanes of at least 4 members (excludes halogenated alkanes) is 1. The number of hydrogen-bond acceptors (Lipinski definition) is 4. The van der Waals surface area contributed by atoms with Gasteiger partial charge in [0.25, 0.3) is 0 Å². The van der Waals surface area contributed by atoms with Crippen LogP contribution >= 0.6 is 11.3 Å². The van der Waals surface area contributed by atoms with Gasteiger partial charge in [0.1, 0.15) is 0 Å². The zero-order chi connectivity index (χ0) is 15.7. The topological polar surface area (TPSA) is 52.5 Å². The normalized spacial score (nSPS) is 12.0. The Hall–Kier alpha value is -1.14. The third kappa shape index (κ3) is 6.91. The molecule has 0 aliphatic heterocycles. The first-order chi connectivity index (χ1) is 10.1. The maximum absolute atomic E-state index is 4.44. The van der Waals surface area contributed by atoms with E-state index in [0.717, 1.165) is 42.8 Å². The van der Waals surface area contributed by atoms with Crippen LogP contribution in [-0.4, -0.2) is 49.6 Å². The van der Waals surface area contributed by atoms with Crippen molar-refractivity contribution >= 4 is 17.3 Å². The Morgan fingerprint density at radius 1 is 1.29 bits per heavy atom. The second kappa shape index (κ2) is 9.73. The molecule has 0 saturated carbocycles. The summed E-state index contributed by atoms with van der Waals surface area (Å²) in [5.74, 6) is 0.851. The first-order valence-corrected chi connectivity index (χ1v) is 8.44. The molecule has 0 aliphatic rings. The van der Waals surface area contributed by atoms with Crippen molar-refractivity contribution < 1.29 is 0 Å². The maximum atomic E-state index is 4.44. The fourth-order valence-corrected chi connectivity index (χ4v) is 2.90. The average molecular weight is 311 g/mol. The molecule has 1 aromatic rings. The van der Waals surface area contributed by atoms with Crippen LogP contribution in [0.1, 0.15) is 35.3 Å². The fourth-order valence-electron chi connectivity index (χ4n) is 2.03. The molecule has 0 saturated heterocycles. The summed E-state index contributed by atoms with van der Waals surface area (Å²) in [6.07, 6.45) is 2.50. The Morgan fingerprint density at radius 3 is 2.62 bits per heavy atom. The first kappa shape index (κ1) is 17.9. The fraction of sp³-hybridized carbons (Fsp3) is 0.733. The van der Waals surface area contributed by atoms with Gasteiger partial charge in [0.2, 0.25) is 0 Å². The van der Waals surface area contributed by atoms with Crippen molar-refractivity contribution in [2.45, 2.75) is 40.2 Å². The van der Waals surface area contributed by atoms with Crippen molar-refractivity contribution in [2.75, 3.05) is 33.7 Å². The lowest BCUT2D eigenvalue weighted by molar-refractivity contribution is 0.332. The standard InChI is InChI=1S/C15H29N5S/c1-6-7-9-20(5)10-8-17-15(16-4)18-11-14-12(2)19-13(3)21-14/h6-11H2,1-5H3,(H2,16,17,18). The van der Waals surface area contributed by atoms with E-state index in [1.54, 1.807) is 18.4 Å². The lowest BCUT2D eigenvalue weighted by atomic mass is 10.3. The molecule has 0 atom stereocenters. The van der Waals surface area contributed by atoms with Gasteiger partial charge >= 0.3 is 0 Å². The predicted octanol–water partition coefficient (Wildman–Crippen LogP) is 2.16. The molecule has 1 heterocycles. The molecule has 6 heteroatoms. The number of hydrogen-bond donors (Lipinski definition) is 2. The highest BCUT2D eigenvalue weighted by molar-refractivity contribution is 7.11. The van der Waals surface area contributed by atoms with E-state index in [-0.39, 0.29) is 0 Å². The van der Waals surface area contributed by atoms with Gasteiger partial charge in [-0.2, -0.15) is 0 Å². The molecular weight excluding hydrogens is 282 g/mol. The highest BCUT2D eigenvalue weighted by Gasteiger charge is 2.06. The van der Waals surface area contributed by atoms with Crippen molar-refractivity contribution in [3.05, 3.63) is 15.6 Å². The minimum Gasteiger partial charge on any atom is -0.355 e. The minimum atomic E-state index is 0.780. The summed E-state index contributed by atoms with van der Waals surface area (Å²) in [6, 6.07) is 0. The van der Waals surface area contributed by atoms with Crippen LogP contribution in [0.2, 0.25) is 0 Å². The number of aliphatic imine (C=N–C) groups is 1. The highest BCUT2D eigenvalue weighted by atomic mass is 32.1. The van der Waals surface area contributed by atoms with Crippen molar-refractivity contribution in [2.24, 2.45) is 4.99 Å². The van der Waals surface area contributed by atoms with Crippen LogP contribution in [0.4, 0.5) is 0 Å². The molecule has 0 spiro atoms. The minimum absolute atomic E-state index is 0.780. The lowest BCUT2D eigenvalue weighted by Gasteiger charge is -2.17. The van der Waals surface area contributed by atoms with E-state index in [2.05, 4.69) is 46.4 Å². The average Bonchev–Trinajstić information content (AvgIpc) is 2.78. The molecule has 1 rings (SSSR count). The van der Waals surface area contributed by atoms with Crippen LogP contribution in [0.5, 0.6) is 0 Å². The van der Waals surface area contributed by atoms with Gasteiger partial charge in [-0.1, -0.05) is 13.3 Å². The van der Waals surface area contributed by atoms with E-state index in [1.807, 2.05) is 6.92 Å². The number of nitrogens with zero attached hydrogens (tertiary/aromatic N) is 3. The molecule has 0 unspecified atom stereocenters. The molecule has 5 nitrogen and oxygen atoms in total. The number of aryl methyl sites for hydroxylation is 2. The molecule has 0 aliphatic carbocycles. The van der Waals surface area contributed by atoms with Gasteiger partial charge < -0.3 is 15.5 Å². The molecule has 0 amide bonds. The summed E-state index contributed by atoms with van der Waals surface area (Å²) in [4.78, 5) is 12.3. The van der Waals surface area contributed by atoms with Crippen molar-refractivity contribution in [3.63, 3.8) is 0 Å². The smallest absolute Gasteiger partial charge is 0.191 e. The largest absolute Gasteiger partial charge is 0.355 e. The molecule has 0 fully saturated rings. The number of nitrogens with one attached hydrogen (secondary N) is 2. The molecular formula is C15H29N5S. The third-order valence-corrected chi connectivity index (χ3v) is 4.39. The maximum Gasteiger partial charge on any atom is 0.191 e. The Labute approximate surface area is 132 Å². The number of likely N-dealkylation sites (N-methyl/N-ethyl adjacent to an activating group) is 1. The summed E-state index contributed by atoms with van der Waals surface area (Å²) < 4.78 is 0. The summed E-state index contributed by atoms with van der Waals surface area (Å²) >= 11 is 1.74. The number of aromatic nitrogens is 1. The third-order valence-electron chi connectivity index (χ3n) is 3.32. The quantitative estimate of drug-likeness (QED) is 0.570. The number of rotatable bonds is 8. The Balaban J connectivity index is 2.28. The Kier molecular flexibility index (Phi) is 8.30. The second-order valence-electron chi connectivity index (χ2n) is 5.25. The van der Waals surface area contributed by atoms with Crippen LogP contribution < -0.4 is 10.6 Å². The van der Waals surface area contributed by atoms with Crippen molar-refractivity contribution in [1.29, 1.82) is 0 Å². The Morgan fingerprint density at radius 2 is 2.05 bits per heavy atom.